The highest BCUT2D eigenvalue weighted by atomic mass is 35.5. The normalized spacial score (nSPS) is 11.0. The molecule has 4 aromatic carbocycles. The highest BCUT2D eigenvalue weighted by molar-refractivity contribution is 6.31. The van der Waals surface area contributed by atoms with Crippen LogP contribution >= 0.6 is 11.6 Å². The van der Waals surface area contributed by atoms with E-state index in [1.54, 1.807) is 43.5 Å². The van der Waals surface area contributed by atoms with Crippen LogP contribution in [-0.4, -0.2) is 13.1 Å². The van der Waals surface area contributed by atoms with E-state index in [9.17, 15) is 9.59 Å². The van der Waals surface area contributed by atoms with Gasteiger partial charge in [0.2, 0.25) is 11.2 Å². The van der Waals surface area contributed by atoms with Crippen molar-refractivity contribution < 1.29 is 18.7 Å². The average Bonchev–Trinajstić information content (AvgIpc) is 2.92. The Hall–Kier alpha value is -4.35. The Balaban J connectivity index is 1.66. The minimum Gasteiger partial charge on any atom is -0.497 e. The summed E-state index contributed by atoms with van der Waals surface area (Å²) in [4.78, 5) is 27.3. The SMILES string of the molecule is COc1ccc(-c2oc3ccc(Cl)cc3c(=O)c2OC(=O)C(c2ccccc2)c2ccccc2)cc1. The molecular formula is C30H21ClO5. The first-order valence-electron chi connectivity index (χ1n) is 11.3. The standard InChI is InChI=1S/C30H21ClO5/c1-34-23-15-12-21(13-16-23)28-29(27(32)24-18-22(31)14-17-25(24)35-28)36-30(33)26(19-8-4-2-5-9-19)20-10-6-3-7-11-20/h2-18,26H,1H3. The number of esters is 1. The van der Waals surface area contributed by atoms with Gasteiger partial charge in [-0.2, -0.15) is 0 Å². The van der Waals surface area contributed by atoms with Gasteiger partial charge in [-0.05, 0) is 53.6 Å². The summed E-state index contributed by atoms with van der Waals surface area (Å²) in [7, 11) is 1.56. The predicted octanol–water partition coefficient (Wildman–Crippen LogP) is 6.86. The minimum absolute atomic E-state index is 0.144. The minimum atomic E-state index is -0.745. The molecule has 1 heterocycles. The second-order valence-electron chi connectivity index (χ2n) is 8.13. The van der Waals surface area contributed by atoms with Crippen LogP contribution in [0.15, 0.2) is 112 Å². The van der Waals surface area contributed by atoms with Crippen molar-refractivity contribution in [2.75, 3.05) is 7.11 Å². The van der Waals surface area contributed by atoms with E-state index >= 15 is 0 Å². The molecule has 0 N–H and O–H groups in total. The second kappa shape index (κ2) is 10.1. The van der Waals surface area contributed by atoms with Gasteiger partial charge in [-0.25, -0.2) is 0 Å². The first-order valence-corrected chi connectivity index (χ1v) is 11.7. The Morgan fingerprint density at radius 3 is 2.03 bits per heavy atom. The van der Waals surface area contributed by atoms with Crippen molar-refractivity contribution in [3.63, 3.8) is 0 Å². The lowest BCUT2D eigenvalue weighted by Crippen LogP contribution is -2.23. The van der Waals surface area contributed by atoms with Crippen LogP contribution in [-0.2, 0) is 4.79 Å². The fourth-order valence-corrected chi connectivity index (χ4v) is 4.26. The van der Waals surface area contributed by atoms with E-state index in [0.29, 0.717) is 21.9 Å². The molecule has 0 aliphatic rings. The quantitative estimate of drug-likeness (QED) is 0.240. The van der Waals surface area contributed by atoms with Crippen LogP contribution in [0.25, 0.3) is 22.3 Å². The molecule has 0 saturated carbocycles. The van der Waals surface area contributed by atoms with Crippen LogP contribution in [0, 0.1) is 0 Å². The molecule has 5 aromatic rings. The van der Waals surface area contributed by atoms with Crippen LogP contribution in [0.5, 0.6) is 11.5 Å². The van der Waals surface area contributed by atoms with Crippen molar-refractivity contribution in [2.24, 2.45) is 0 Å². The predicted molar refractivity (Wildman–Crippen MR) is 140 cm³/mol. The summed E-state index contributed by atoms with van der Waals surface area (Å²) < 4.78 is 17.2. The maximum Gasteiger partial charge on any atom is 0.323 e. The molecule has 0 unspecified atom stereocenters. The number of carbonyl (C=O) groups excluding carboxylic acids is 1. The number of carbonyl (C=O) groups is 1. The maximum absolute atomic E-state index is 13.7. The van der Waals surface area contributed by atoms with Gasteiger partial charge >= 0.3 is 5.97 Å². The van der Waals surface area contributed by atoms with Gasteiger partial charge in [0.05, 0.1) is 12.5 Å². The summed E-state index contributed by atoms with van der Waals surface area (Å²) in [5.41, 5.74) is 1.89. The topological polar surface area (TPSA) is 65.7 Å². The van der Waals surface area contributed by atoms with Crippen molar-refractivity contribution in [1.82, 2.24) is 0 Å². The largest absolute Gasteiger partial charge is 0.497 e. The molecule has 6 heteroatoms. The Kier molecular flexibility index (Phi) is 6.56. The number of fused-ring (bicyclic) bond motifs is 1. The summed E-state index contributed by atoms with van der Waals surface area (Å²) in [6.45, 7) is 0. The summed E-state index contributed by atoms with van der Waals surface area (Å²) in [6, 6.07) is 30.3. The molecule has 0 fully saturated rings. The molecule has 0 atom stereocenters. The number of ether oxygens (including phenoxy) is 2. The third-order valence-corrected chi connectivity index (χ3v) is 6.10. The Morgan fingerprint density at radius 2 is 1.44 bits per heavy atom. The molecule has 0 radical (unpaired) electrons. The van der Waals surface area contributed by atoms with Gasteiger partial charge in [0.25, 0.3) is 0 Å². The molecule has 5 rings (SSSR count). The lowest BCUT2D eigenvalue weighted by Gasteiger charge is -2.18. The average molecular weight is 497 g/mol. The smallest absolute Gasteiger partial charge is 0.323 e. The van der Waals surface area contributed by atoms with Crippen molar-refractivity contribution in [3.8, 4) is 22.8 Å². The third-order valence-electron chi connectivity index (χ3n) is 5.87. The summed E-state index contributed by atoms with van der Waals surface area (Å²) >= 11 is 6.15. The van der Waals surface area contributed by atoms with E-state index in [1.807, 2.05) is 60.7 Å². The first kappa shape index (κ1) is 23.4. The van der Waals surface area contributed by atoms with Crippen LogP contribution < -0.4 is 14.9 Å². The zero-order chi connectivity index (χ0) is 25.1. The first-order chi connectivity index (χ1) is 17.5. The van der Waals surface area contributed by atoms with Crippen molar-refractivity contribution in [2.45, 2.75) is 5.92 Å². The van der Waals surface area contributed by atoms with Gasteiger partial charge in [0.15, 0.2) is 5.76 Å². The Morgan fingerprint density at radius 1 is 0.833 bits per heavy atom. The molecular weight excluding hydrogens is 476 g/mol. The highest BCUT2D eigenvalue weighted by Crippen LogP contribution is 2.34. The molecule has 1 aromatic heterocycles. The van der Waals surface area contributed by atoms with Crippen LogP contribution in [0.3, 0.4) is 0 Å². The Bertz CT molecular complexity index is 1540. The third kappa shape index (κ3) is 4.61. The number of rotatable bonds is 6. The summed E-state index contributed by atoms with van der Waals surface area (Å²) in [5.74, 6) is -0.760. The maximum atomic E-state index is 13.7. The van der Waals surface area contributed by atoms with E-state index < -0.39 is 17.3 Å². The Labute approximate surface area is 212 Å². The monoisotopic (exact) mass is 496 g/mol. The zero-order valence-electron chi connectivity index (χ0n) is 19.3. The van der Waals surface area contributed by atoms with Crippen LogP contribution in [0.4, 0.5) is 0 Å². The number of methoxy groups -OCH3 is 1. The van der Waals surface area contributed by atoms with Crippen molar-refractivity contribution in [3.05, 3.63) is 130 Å². The summed E-state index contributed by atoms with van der Waals surface area (Å²) in [5, 5.41) is 0.592. The zero-order valence-corrected chi connectivity index (χ0v) is 20.1. The molecule has 0 amide bonds. The number of benzene rings is 4. The van der Waals surface area contributed by atoms with Crippen molar-refractivity contribution in [1.29, 1.82) is 0 Å². The van der Waals surface area contributed by atoms with Crippen LogP contribution in [0.1, 0.15) is 17.0 Å². The number of hydrogen-bond donors (Lipinski definition) is 0. The molecule has 178 valence electrons. The van der Waals surface area contributed by atoms with Gasteiger partial charge in [0.1, 0.15) is 17.3 Å². The van der Waals surface area contributed by atoms with Gasteiger partial charge in [-0.3, -0.25) is 9.59 Å². The van der Waals surface area contributed by atoms with E-state index in [-0.39, 0.29) is 16.9 Å². The lowest BCUT2D eigenvalue weighted by atomic mass is 9.91. The second-order valence-corrected chi connectivity index (χ2v) is 8.57. The van der Waals surface area contributed by atoms with E-state index in [1.165, 1.54) is 6.07 Å². The fourth-order valence-electron chi connectivity index (χ4n) is 4.09. The molecule has 0 spiro atoms. The van der Waals surface area contributed by atoms with Gasteiger partial charge in [-0.15, -0.1) is 0 Å². The van der Waals surface area contributed by atoms with Gasteiger partial charge in [-0.1, -0.05) is 72.3 Å². The molecule has 0 saturated heterocycles. The van der Waals surface area contributed by atoms with Gasteiger partial charge < -0.3 is 13.9 Å². The highest BCUT2D eigenvalue weighted by Gasteiger charge is 2.28. The van der Waals surface area contributed by atoms with Gasteiger partial charge in [0, 0.05) is 10.6 Å². The lowest BCUT2D eigenvalue weighted by molar-refractivity contribution is -0.135. The van der Waals surface area contributed by atoms with E-state index in [2.05, 4.69) is 0 Å². The molecule has 0 aliphatic heterocycles. The molecule has 0 bridgehead atoms. The summed E-state index contributed by atoms with van der Waals surface area (Å²) in [6.07, 6.45) is 0. The van der Waals surface area contributed by atoms with E-state index in [4.69, 9.17) is 25.5 Å². The molecule has 36 heavy (non-hydrogen) atoms. The molecule has 5 nitrogen and oxygen atoms in total. The van der Waals surface area contributed by atoms with Crippen LogP contribution in [0.2, 0.25) is 5.02 Å². The number of halogens is 1. The fraction of sp³-hybridized carbons (Fsp3) is 0.0667. The van der Waals surface area contributed by atoms with E-state index in [0.717, 1.165) is 11.1 Å². The number of hydrogen-bond acceptors (Lipinski definition) is 5. The molecule has 0 aliphatic carbocycles. The van der Waals surface area contributed by atoms with Crippen molar-refractivity contribution >= 4 is 28.5 Å².